The van der Waals surface area contributed by atoms with Crippen molar-refractivity contribution in [2.24, 2.45) is 0 Å². The molecule has 0 saturated heterocycles. The summed E-state index contributed by atoms with van der Waals surface area (Å²) in [6.45, 7) is 0. The van der Waals surface area contributed by atoms with Crippen molar-refractivity contribution < 1.29 is 170 Å². The molecule has 0 atom stereocenters. The van der Waals surface area contributed by atoms with E-state index in [0.717, 1.165) is 0 Å². The van der Waals surface area contributed by atoms with Crippen LogP contribution in [0.5, 0.6) is 0 Å². The average Bonchev–Trinajstić information content (AvgIpc) is 1.94. The van der Waals surface area contributed by atoms with Crippen molar-refractivity contribution in [2.75, 3.05) is 0 Å². The summed E-state index contributed by atoms with van der Waals surface area (Å²) in [7, 11) is 0. The van der Waals surface area contributed by atoms with Crippen LogP contribution in [0, 0.1) is 0 Å². The van der Waals surface area contributed by atoms with Crippen molar-refractivity contribution in [3.05, 3.63) is 0 Å². The van der Waals surface area contributed by atoms with Gasteiger partial charge in [-0.25, -0.2) is 0 Å². The van der Waals surface area contributed by atoms with Crippen LogP contribution in [0.15, 0.2) is 0 Å². The normalized spacial score (nSPS) is 5.68. The molecule has 0 saturated carbocycles. The van der Waals surface area contributed by atoms with Crippen molar-refractivity contribution in [2.45, 2.75) is 0 Å². The molecule has 0 bridgehead atoms. The largest absolute Gasteiger partial charge is 3.00 e. The second-order valence-corrected chi connectivity index (χ2v) is 9.15. The molecule has 0 aromatic carbocycles. The van der Waals surface area contributed by atoms with E-state index in [-0.39, 0.29) is 53.1 Å². The molecule has 0 fully saturated rings. The summed E-state index contributed by atoms with van der Waals surface area (Å²) in [5.41, 5.74) is 0. The van der Waals surface area contributed by atoms with Crippen molar-refractivity contribution >= 4 is 27.3 Å². The van der Waals surface area contributed by atoms with E-state index < -0.39 is 93.9 Å². The minimum absolute atomic E-state index is 0. The van der Waals surface area contributed by atoms with E-state index in [9.17, 15) is 0 Å². The summed E-state index contributed by atoms with van der Waals surface area (Å²) in [5.74, 6) is 0. The maximum Gasteiger partial charge on any atom is 3.00 e. The van der Waals surface area contributed by atoms with Crippen molar-refractivity contribution in [1.82, 2.24) is 0 Å². The average molecular weight is 1400 g/mol. The molecule has 0 aromatic heterocycles. The third kappa shape index (κ3) is 1070. The zero-order chi connectivity index (χ0) is 17.9. The first-order chi connectivity index (χ1) is 8.66. The van der Waals surface area contributed by atoms with E-state index in [1.165, 1.54) is 0 Å². The molecule has 15 nitrogen and oxygen atoms in total. The standard InChI is InChI=1S/15O.Pb.Sc.5Ta/q;;;;;;;;;;5*-1;+2;+3;;;;;. The Kier molecular flexibility index (Phi) is 79.9. The first-order valence-electron chi connectivity index (χ1n) is 2.74. The Balaban J connectivity index is -0.0000000250. The van der Waals surface area contributed by atoms with Gasteiger partial charge in [0.2, 0.25) is 0 Å². The molecular weight excluding hydrogens is 1400 g/mol. The second-order valence-electron chi connectivity index (χ2n) is 1.12. The molecule has 0 spiro atoms. The van der Waals surface area contributed by atoms with E-state index in [1.807, 2.05) is 0 Å². The molecule has 0 aliphatic rings. The Bertz CT molecular complexity index is 386. The smallest absolute Gasteiger partial charge is 2.00 e. The summed E-state index contributed by atoms with van der Waals surface area (Å²) >= 11 is -21.7. The predicted octanol–water partition coefficient (Wildman–Crippen LogP) is -7.53. The molecule has 0 aromatic rings. The molecule has 0 aliphatic heterocycles. The van der Waals surface area contributed by atoms with E-state index in [1.54, 1.807) is 0 Å². The van der Waals surface area contributed by atoms with Crippen LogP contribution < -0.4 is 18.1 Å². The zero-order valence-corrected chi connectivity index (χ0v) is 31.2. The van der Waals surface area contributed by atoms with Gasteiger partial charge in [-0.3, -0.25) is 0 Å². The van der Waals surface area contributed by atoms with Crippen LogP contribution in [0.2, 0.25) is 0 Å². The minimum Gasteiger partial charge on any atom is 2.00 e. The van der Waals surface area contributed by atoms with Crippen LogP contribution in [-0.2, 0) is 152 Å². The number of hydrogen-bond acceptors (Lipinski definition) is 15. The third-order valence-electron chi connectivity index (χ3n) is 0. The molecule has 0 rings (SSSR count). The molecule has 0 amide bonds. The SMILES string of the molecule is [O]=[Ta](=[O])[O-].[O]=[Ta](=[O])[O-].[O]=[Ta](=[O])[O-].[O]=[Ta](=[O])[O-].[O]=[Ta](=[O])[O-].[Pb+2].[Sc+3]. The van der Waals surface area contributed by atoms with Gasteiger partial charge < -0.3 is 0 Å². The summed E-state index contributed by atoms with van der Waals surface area (Å²) in [6.07, 6.45) is 0. The van der Waals surface area contributed by atoms with Gasteiger partial charge in [0, 0.05) is 0 Å². The van der Waals surface area contributed by atoms with E-state index >= 15 is 0 Å². The van der Waals surface area contributed by atoms with Gasteiger partial charge in [-0.15, -0.1) is 0 Å². The summed E-state index contributed by atoms with van der Waals surface area (Å²) in [6, 6.07) is 0. The van der Waals surface area contributed by atoms with E-state index in [4.69, 9.17) is 50.6 Å². The first kappa shape index (κ1) is 44.6. The minimum atomic E-state index is -4.34. The number of hydrogen-bond donors (Lipinski definition) is 0. The first-order valence-corrected chi connectivity index (χ1v) is 22.4. The van der Waals surface area contributed by atoms with Crippen molar-refractivity contribution in [3.63, 3.8) is 0 Å². The Morgan fingerprint density at radius 2 is 0.364 bits per heavy atom. The zero-order valence-electron chi connectivity index (χ0n) is 9.44. The molecule has 22 heteroatoms. The topological polar surface area (TPSA) is 286 Å². The Hall–Kier alpha value is 3.29. The van der Waals surface area contributed by atoms with Gasteiger partial charge in [0.25, 0.3) is 0 Å². The second kappa shape index (κ2) is 39.4. The van der Waals surface area contributed by atoms with Gasteiger partial charge in [0.05, 0.1) is 0 Å². The fraction of sp³-hybridized carbons (Fsp3) is 0. The van der Waals surface area contributed by atoms with Crippen LogP contribution in [0.25, 0.3) is 0 Å². The Morgan fingerprint density at radius 3 is 0.364 bits per heavy atom. The Morgan fingerprint density at radius 1 is 0.364 bits per heavy atom. The molecule has 2 radical (unpaired) electrons. The van der Waals surface area contributed by atoms with Gasteiger partial charge in [0.15, 0.2) is 0 Å². The van der Waals surface area contributed by atoms with Crippen LogP contribution >= 0.6 is 0 Å². The van der Waals surface area contributed by atoms with Crippen LogP contribution in [-0.4, -0.2) is 27.3 Å². The van der Waals surface area contributed by atoms with Gasteiger partial charge >= 0.3 is 198 Å². The van der Waals surface area contributed by atoms with Gasteiger partial charge in [0.1, 0.15) is 0 Å². The molecule has 0 aliphatic carbocycles. The maximum atomic E-state index is 8.62. The fourth-order valence-electron chi connectivity index (χ4n) is 0. The Labute approximate surface area is 193 Å². The van der Waals surface area contributed by atoms with Crippen LogP contribution in [0.1, 0.15) is 0 Å². The van der Waals surface area contributed by atoms with Gasteiger partial charge in [-0.2, -0.15) is 0 Å². The summed E-state index contributed by atoms with van der Waals surface area (Å²) in [4.78, 5) is 0. The molecule has 0 unspecified atom stereocenters. The third-order valence-corrected chi connectivity index (χ3v) is 0. The van der Waals surface area contributed by atoms with Crippen LogP contribution in [0.3, 0.4) is 0 Å². The molecule has 122 valence electrons. The quantitative estimate of drug-likeness (QED) is 0.204. The molecular formula is O15PbScTa5. The van der Waals surface area contributed by atoms with Crippen molar-refractivity contribution in [1.29, 1.82) is 0 Å². The van der Waals surface area contributed by atoms with Gasteiger partial charge in [-0.05, 0) is 0 Å². The summed E-state index contributed by atoms with van der Waals surface area (Å²) < 4.78 is 129. The molecule has 0 heterocycles. The van der Waals surface area contributed by atoms with Crippen LogP contribution in [0.4, 0.5) is 0 Å². The fourth-order valence-corrected chi connectivity index (χ4v) is 0. The molecule has 22 heavy (non-hydrogen) atoms. The van der Waals surface area contributed by atoms with Gasteiger partial charge in [-0.1, -0.05) is 0 Å². The predicted molar refractivity (Wildman–Crippen MR) is 12.6 cm³/mol. The maximum absolute atomic E-state index is 8.62. The number of rotatable bonds is 0. The van der Waals surface area contributed by atoms with E-state index in [2.05, 4.69) is 0 Å². The van der Waals surface area contributed by atoms with E-state index in [0.29, 0.717) is 0 Å². The van der Waals surface area contributed by atoms with Crippen molar-refractivity contribution in [3.8, 4) is 0 Å². The molecule has 0 N–H and O–H groups in total. The summed E-state index contributed by atoms with van der Waals surface area (Å²) in [5, 5.41) is 0. The monoisotopic (exact) mass is 1400 g/mol.